The van der Waals surface area contributed by atoms with E-state index in [9.17, 15) is 8.78 Å². The Labute approximate surface area is 121 Å². The van der Waals surface area contributed by atoms with Crippen LogP contribution in [0.1, 0.15) is 40.5 Å². The summed E-state index contributed by atoms with van der Waals surface area (Å²) in [5, 5.41) is 4.27. The van der Waals surface area contributed by atoms with Crippen molar-refractivity contribution in [2.75, 3.05) is 6.54 Å². The Bertz CT molecular complexity index is 596. The van der Waals surface area contributed by atoms with Crippen LogP contribution >= 0.6 is 11.3 Å². The molecule has 1 aromatic heterocycles. The van der Waals surface area contributed by atoms with E-state index in [0.29, 0.717) is 5.56 Å². The number of benzene rings is 1. The van der Waals surface area contributed by atoms with E-state index < -0.39 is 11.6 Å². The maximum atomic E-state index is 14.1. The van der Waals surface area contributed by atoms with Crippen molar-refractivity contribution < 1.29 is 8.78 Å². The second-order valence-electron chi connectivity index (χ2n) is 4.74. The lowest BCUT2D eigenvalue weighted by Gasteiger charge is -2.19. The monoisotopic (exact) mass is 296 g/mol. The second-order valence-corrected chi connectivity index (χ2v) is 5.97. The number of aromatic nitrogens is 1. The number of thiazole rings is 1. The van der Waals surface area contributed by atoms with Crippen LogP contribution in [0.3, 0.4) is 0 Å². The number of halogens is 2. The molecule has 1 N–H and O–H groups in total. The second kappa shape index (κ2) is 6.41. The van der Waals surface area contributed by atoms with Gasteiger partial charge in [0.05, 0.1) is 16.7 Å². The van der Waals surface area contributed by atoms with Crippen LogP contribution in [0.2, 0.25) is 0 Å². The highest BCUT2D eigenvalue weighted by atomic mass is 32.1. The number of rotatable bonds is 5. The third-order valence-corrected chi connectivity index (χ3v) is 4.21. The molecule has 0 fully saturated rings. The maximum Gasteiger partial charge on any atom is 0.131 e. The van der Waals surface area contributed by atoms with Gasteiger partial charge in [0.1, 0.15) is 11.6 Å². The fourth-order valence-corrected chi connectivity index (χ4v) is 3.21. The molecule has 0 bridgehead atoms. The van der Waals surface area contributed by atoms with Gasteiger partial charge in [0, 0.05) is 16.5 Å². The lowest BCUT2D eigenvalue weighted by Crippen LogP contribution is -2.24. The Balaban J connectivity index is 2.44. The molecule has 1 heterocycles. The molecular weight excluding hydrogens is 278 g/mol. The molecule has 0 radical (unpaired) electrons. The van der Waals surface area contributed by atoms with E-state index in [2.05, 4.69) is 17.2 Å². The van der Waals surface area contributed by atoms with Crippen LogP contribution in [0.25, 0.3) is 0 Å². The Kier molecular flexibility index (Phi) is 4.83. The van der Waals surface area contributed by atoms with Crippen molar-refractivity contribution in [1.29, 1.82) is 0 Å². The first-order chi connectivity index (χ1) is 9.52. The van der Waals surface area contributed by atoms with Gasteiger partial charge in [-0.1, -0.05) is 13.0 Å². The van der Waals surface area contributed by atoms with Crippen LogP contribution in [-0.2, 0) is 0 Å². The molecule has 2 nitrogen and oxygen atoms in total. The highest BCUT2D eigenvalue weighted by Gasteiger charge is 2.22. The van der Waals surface area contributed by atoms with Crippen LogP contribution in [-0.4, -0.2) is 11.5 Å². The van der Waals surface area contributed by atoms with Gasteiger partial charge in [-0.05, 0) is 32.9 Å². The lowest BCUT2D eigenvalue weighted by atomic mass is 10.0. The molecule has 2 rings (SSSR count). The molecule has 0 amide bonds. The zero-order valence-corrected chi connectivity index (χ0v) is 12.7. The SMILES string of the molecule is CCCNC(c1ccc(F)cc1F)c1sc(C)nc1C. The predicted molar refractivity (Wildman–Crippen MR) is 78.1 cm³/mol. The van der Waals surface area contributed by atoms with Gasteiger partial charge in [0.25, 0.3) is 0 Å². The molecule has 20 heavy (non-hydrogen) atoms. The van der Waals surface area contributed by atoms with E-state index in [1.807, 2.05) is 13.8 Å². The van der Waals surface area contributed by atoms with Gasteiger partial charge in [-0.15, -0.1) is 11.3 Å². The molecule has 1 unspecified atom stereocenters. The van der Waals surface area contributed by atoms with Crippen LogP contribution < -0.4 is 5.32 Å². The normalized spacial score (nSPS) is 12.7. The largest absolute Gasteiger partial charge is 0.305 e. The number of aryl methyl sites for hydroxylation is 2. The molecule has 0 aliphatic rings. The van der Waals surface area contributed by atoms with E-state index in [1.54, 1.807) is 11.3 Å². The average molecular weight is 296 g/mol. The first kappa shape index (κ1) is 15.1. The summed E-state index contributed by atoms with van der Waals surface area (Å²) in [5.41, 5.74) is 1.36. The van der Waals surface area contributed by atoms with E-state index in [-0.39, 0.29) is 6.04 Å². The van der Waals surface area contributed by atoms with Crippen molar-refractivity contribution in [3.63, 3.8) is 0 Å². The summed E-state index contributed by atoms with van der Waals surface area (Å²) >= 11 is 1.55. The van der Waals surface area contributed by atoms with Crippen molar-refractivity contribution in [2.45, 2.75) is 33.2 Å². The van der Waals surface area contributed by atoms with E-state index in [1.165, 1.54) is 12.1 Å². The minimum absolute atomic E-state index is 0.276. The van der Waals surface area contributed by atoms with E-state index in [0.717, 1.165) is 34.6 Å². The van der Waals surface area contributed by atoms with Gasteiger partial charge in [-0.2, -0.15) is 0 Å². The molecule has 108 valence electrons. The first-order valence-corrected chi connectivity index (χ1v) is 7.46. The third kappa shape index (κ3) is 3.22. The van der Waals surface area contributed by atoms with Crippen molar-refractivity contribution in [3.05, 3.63) is 51.0 Å². The quantitative estimate of drug-likeness (QED) is 0.897. The molecule has 2 aromatic rings. The molecule has 1 atom stereocenters. The van der Waals surface area contributed by atoms with Crippen LogP contribution in [0.15, 0.2) is 18.2 Å². The van der Waals surface area contributed by atoms with E-state index in [4.69, 9.17) is 0 Å². The Morgan fingerprint density at radius 1 is 1.30 bits per heavy atom. The highest BCUT2D eigenvalue weighted by Crippen LogP contribution is 2.31. The Hall–Kier alpha value is -1.33. The molecule has 1 aromatic carbocycles. The van der Waals surface area contributed by atoms with Gasteiger partial charge in [0.2, 0.25) is 0 Å². The Morgan fingerprint density at radius 2 is 2.05 bits per heavy atom. The number of nitrogens with one attached hydrogen (secondary N) is 1. The van der Waals surface area contributed by atoms with Crippen molar-refractivity contribution in [3.8, 4) is 0 Å². The average Bonchev–Trinajstić information content (AvgIpc) is 2.71. The molecule has 0 spiro atoms. The van der Waals surface area contributed by atoms with Gasteiger partial charge in [-0.3, -0.25) is 0 Å². The fraction of sp³-hybridized carbons (Fsp3) is 0.400. The summed E-state index contributed by atoms with van der Waals surface area (Å²) in [6, 6.07) is 3.45. The summed E-state index contributed by atoms with van der Waals surface area (Å²) < 4.78 is 27.1. The van der Waals surface area contributed by atoms with Crippen molar-refractivity contribution in [2.24, 2.45) is 0 Å². The van der Waals surface area contributed by atoms with Crippen LogP contribution in [0, 0.1) is 25.5 Å². The summed E-state index contributed by atoms with van der Waals surface area (Å²) in [5.74, 6) is -1.08. The van der Waals surface area contributed by atoms with E-state index >= 15 is 0 Å². The zero-order chi connectivity index (χ0) is 14.7. The van der Waals surface area contributed by atoms with Gasteiger partial charge in [0.15, 0.2) is 0 Å². The molecular formula is C15H18F2N2S. The first-order valence-electron chi connectivity index (χ1n) is 6.65. The zero-order valence-electron chi connectivity index (χ0n) is 11.8. The van der Waals surface area contributed by atoms with Gasteiger partial charge in [-0.25, -0.2) is 13.8 Å². The fourth-order valence-electron chi connectivity index (χ4n) is 2.18. The molecule has 0 saturated carbocycles. The minimum Gasteiger partial charge on any atom is -0.305 e. The number of hydrogen-bond acceptors (Lipinski definition) is 3. The Morgan fingerprint density at radius 3 is 2.60 bits per heavy atom. The van der Waals surface area contributed by atoms with Crippen LogP contribution in [0.4, 0.5) is 8.78 Å². The summed E-state index contributed by atoms with van der Waals surface area (Å²) in [6.07, 6.45) is 0.941. The standard InChI is InChI=1S/C15H18F2N2S/c1-4-7-18-14(15-9(2)19-10(3)20-15)12-6-5-11(16)8-13(12)17/h5-6,8,14,18H,4,7H2,1-3H3. The number of nitrogens with zero attached hydrogens (tertiary/aromatic N) is 1. The molecule has 0 aliphatic carbocycles. The van der Waals surface area contributed by atoms with Gasteiger partial charge >= 0.3 is 0 Å². The maximum absolute atomic E-state index is 14.1. The third-order valence-electron chi connectivity index (χ3n) is 3.07. The summed E-state index contributed by atoms with van der Waals surface area (Å²) in [4.78, 5) is 5.38. The topological polar surface area (TPSA) is 24.9 Å². The molecule has 0 saturated heterocycles. The summed E-state index contributed by atoms with van der Waals surface area (Å²) in [7, 11) is 0. The van der Waals surface area contributed by atoms with Crippen LogP contribution in [0.5, 0.6) is 0 Å². The van der Waals surface area contributed by atoms with Gasteiger partial charge < -0.3 is 5.32 Å². The molecule has 0 aliphatic heterocycles. The summed E-state index contributed by atoms with van der Waals surface area (Å²) in [6.45, 7) is 6.66. The molecule has 5 heteroatoms. The predicted octanol–water partition coefficient (Wildman–Crippen LogP) is 4.13. The number of hydrogen-bond donors (Lipinski definition) is 1. The minimum atomic E-state index is -0.558. The van der Waals surface area contributed by atoms with Crippen molar-refractivity contribution in [1.82, 2.24) is 10.3 Å². The lowest BCUT2D eigenvalue weighted by molar-refractivity contribution is 0.535. The smallest absolute Gasteiger partial charge is 0.131 e. The van der Waals surface area contributed by atoms with Crippen molar-refractivity contribution >= 4 is 11.3 Å². The highest BCUT2D eigenvalue weighted by molar-refractivity contribution is 7.11.